The van der Waals surface area contributed by atoms with Crippen LogP contribution in [0.1, 0.15) is 26.4 Å². The first-order valence-electron chi connectivity index (χ1n) is 7.34. The molecule has 25 heavy (non-hydrogen) atoms. The average molecular weight is 415 g/mol. The lowest BCUT2D eigenvalue weighted by atomic mass is 10.0. The normalized spacial score (nSPS) is 11.1. The largest absolute Gasteiger partial charge is 0.478 e. The Morgan fingerprint density at radius 2 is 1.92 bits per heavy atom. The second kappa shape index (κ2) is 6.02. The maximum atomic E-state index is 12.8. The van der Waals surface area contributed by atoms with Gasteiger partial charge in [-0.1, -0.05) is 6.07 Å². The van der Waals surface area contributed by atoms with Crippen LogP contribution in [0.3, 0.4) is 0 Å². The number of fused-ring (bicyclic) bond motifs is 1. The highest BCUT2D eigenvalue weighted by molar-refractivity contribution is 9.10. The highest BCUT2D eigenvalue weighted by atomic mass is 79.9. The van der Waals surface area contributed by atoms with Crippen LogP contribution in [-0.4, -0.2) is 26.2 Å². The second-order valence-corrected chi connectivity index (χ2v) is 7.13. The fourth-order valence-corrected chi connectivity index (χ4v) is 3.82. The molecule has 0 radical (unpaired) electrons. The molecule has 0 aliphatic heterocycles. The monoisotopic (exact) mass is 414 g/mol. The van der Waals surface area contributed by atoms with Crippen molar-refractivity contribution in [3.05, 3.63) is 74.9 Å². The van der Waals surface area contributed by atoms with E-state index in [1.165, 1.54) is 6.20 Å². The zero-order chi connectivity index (χ0) is 17.6. The van der Waals surface area contributed by atoms with Crippen molar-refractivity contribution in [2.75, 3.05) is 0 Å². The molecular formula is C18H11BrN2O3S. The number of hydrogen-bond donors (Lipinski definition) is 2. The number of nitrogens with zero attached hydrogens (tertiary/aromatic N) is 1. The van der Waals surface area contributed by atoms with Crippen LogP contribution in [0.4, 0.5) is 0 Å². The molecule has 4 heterocycles. The van der Waals surface area contributed by atoms with Crippen LogP contribution in [-0.2, 0) is 0 Å². The molecule has 4 aromatic rings. The van der Waals surface area contributed by atoms with Crippen molar-refractivity contribution in [2.24, 2.45) is 0 Å². The van der Waals surface area contributed by atoms with Gasteiger partial charge in [0.05, 0.1) is 26.9 Å². The molecule has 2 N–H and O–H groups in total. The number of aromatic amines is 1. The third kappa shape index (κ3) is 2.71. The zero-order valence-corrected chi connectivity index (χ0v) is 15.1. The van der Waals surface area contributed by atoms with Gasteiger partial charge in [-0.25, -0.2) is 4.79 Å². The van der Waals surface area contributed by atoms with Crippen LogP contribution in [0.5, 0.6) is 0 Å². The summed E-state index contributed by atoms with van der Waals surface area (Å²) in [6.07, 6.45) is 3.32. The number of carbonyl (C=O) groups is 2. The maximum absolute atomic E-state index is 12.8. The van der Waals surface area contributed by atoms with Crippen molar-refractivity contribution < 1.29 is 14.7 Å². The first kappa shape index (κ1) is 15.9. The zero-order valence-electron chi connectivity index (χ0n) is 12.7. The number of H-pyrrole nitrogens is 1. The van der Waals surface area contributed by atoms with E-state index in [9.17, 15) is 14.7 Å². The highest BCUT2D eigenvalue weighted by Gasteiger charge is 2.24. The standard InChI is InChI=1S/C18H11BrN2O3S/c19-15-4-2-13(20-15)17(22)16-12(18(23)24)8-21-7-10(1-3-14(16)21)11-5-6-25-9-11/h1-9,20H,(H,23,24). The number of rotatable bonds is 4. The van der Waals surface area contributed by atoms with Gasteiger partial charge in [-0.05, 0) is 62.1 Å². The minimum absolute atomic E-state index is 0.0156. The number of carboxylic acid groups (broad SMARTS) is 1. The highest BCUT2D eigenvalue weighted by Crippen LogP contribution is 2.27. The van der Waals surface area contributed by atoms with Crippen molar-refractivity contribution in [1.82, 2.24) is 9.38 Å². The fraction of sp³-hybridized carbons (Fsp3) is 0. The Hall–Kier alpha value is -2.64. The van der Waals surface area contributed by atoms with Crippen LogP contribution < -0.4 is 0 Å². The third-order valence-electron chi connectivity index (χ3n) is 3.98. The summed E-state index contributed by atoms with van der Waals surface area (Å²) in [5.74, 6) is -1.48. The summed E-state index contributed by atoms with van der Waals surface area (Å²) in [4.78, 5) is 27.4. The van der Waals surface area contributed by atoms with E-state index < -0.39 is 5.97 Å². The Kier molecular flexibility index (Phi) is 3.82. The van der Waals surface area contributed by atoms with Gasteiger partial charge in [0.2, 0.25) is 5.78 Å². The molecule has 0 aliphatic rings. The Balaban J connectivity index is 1.91. The summed E-state index contributed by atoms with van der Waals surface area (Å²) in [5, 5.41) is 13.5. The van der Waals surface area contributed by atoms with Crippen LogP contribution >= 0.6 is 27.3 Å². The SMILES string of the molecule is O=C(O)c1cn2cc(-c3ccsc3)ccc2c1C(=O)c1ccc(Br)[nH]1. The molecule has 0 saturated heterocycles. The van der Waals surface area contributed by atoms with Gasteiger partial charge in [-0.15, -0.1) is 0 Å². The molecule has 124 valence electrons. The van der Waals surface area contributed by atoms with Crippen molar-refractivity contribution in [2.45, 2.75) is 0 Å². The molecular weight excluding hydrogens is 404 g/mol. The summed E-state index contributed by atoms with van der Waals surface area (Å²) < 4.78 is 2.36. The number of ketones is 1. The Labute approximate surface area is 154 Å². The smallest absolute Gasteiger partial charge is 0.338 e. The molecule has 0 spiro atoms. The summed E-state index contributed by atoms with van der Waals surface area (Å²) in [6, 6.07) is 9.01. The van der Waals surface area contributed by atoms with Crippen molar-refractivity contribution in [3.63, 3.8) is 0 Å². The van der Waals surface area contributed by atoms with Crippen LogP contribution in [0.15, 0.2) is 58.1 Å². The molecule has 0 aliphatic carbocycles. The van der Waals surface area contributed by atoms with Crippen LogP contribution in [0, 0.1) is 0 Å². The quantitative estimate of drug-likeness (QED) is 0.475. The molecule has 0 unspecified atom stereocenters. The molecule has 0 atom stereocenters. The van der Waals surface area contributed by atoms with Crippen LogP contribution in [0.25, 0.3) is 16.6 Å². The molecule has 4 aromatic heterocycles. The van der Waals surface area contributed by atoms with E-state index in [1.807, 2.05) is 29.1 Å². The van der Waals surface area contributed by atoms with Crippen molar-refractivity contribution >= 4 is 44.5 Å². The molecule has 0 fully saturated rings. The third-order valence-corrected chi connectivity index (χ3v) is 5.12. The predicted octanol–water partition coefficient (Wildman–Crippen LogP) is 4.69. The summed E-state index contributed by atoms with van der Waals surface area (Å²) in [5.41, 5.74) is 3.08. The van der Waals surface area contributed by atoms with Crippen molar-refractivity contribution in [3.8, 4) is 11.1 Å². The van der Waals surface area contributed by atoms with Crippen molar-refractivity contribution in [1.29, 1.82) is 0 Å². The van der Waals surface area contributed by atoms with Gasteiger partial charge in [0.1, 0.15) is 0 Å². The lowest BCUT2D eigenvalue weighted by Crippen LogP contribution is -2.07. The Morgan fingerprint density at radius 1 is 1.08 bits per heavy atom. The van der Waals surface area contributed by atoms with E-state index in [0.29, 0.717) is 15.8 Å². The topological polar surface area (TPSA) is 74.6 Å². The van der Waals surface area contributed by atoms with Gasteiger partial charge in [0.15, 0.2) is 0 Å². The van der Waals surface area contributed by atoms with Gasteiger partial charge in [0, 0.05) is 12.4 Å². The van der Waals surface area contributed by atoms with Gasteiger partial charge < -0.3 is 14.5 Å². The molecule has 4 rings (SSSR count). The molecule has 5 nitrogen and oxygen atoms in total. The number of aromatic carboxylic acids is 1. The van der Waals surface area contributed by atoms with Gasteiger partial charge in [0.25, 0.3) is 0 Å². The van der Waals surface area contributed by atoms with Gasteiger partial charge in [-0.3, -0.25) is 4.79 Å². The van der Waals surface area contributed by atoms with E-state index in [1.54, 1.807) is 33.9 Å². The number of nitrogens with one attached hydrogen (secondary N) is 1. The number of thiophene rings is 1. The molecule has 0 aromatic carbocycles. The molecule has 0 saturated carbocycles. The van der Waals surface area contributed by atoms with Gasteiger partial charge in [-0.2, -0.15) is 11.3 Å². The molecule has 7 heteroatoms. The van der Waals surface area contributed by atoms with E-state index in [0.717, 1.165) is 11.1 Å². The second-order valence-electron chi connectivity index (χ2n) is 5.49. The summed E-state index contributed by atoms with van der Waals surface area (Å²) >= 11 is 4.86. The molecule has 0 amide bonds. The number of hydrogen-bond acceptors (Lipinski definition) is 3. The number of halogens is 1. The minimum atomic E-state index is -1.13. The summed E-state index contributed by atoms with van der Waals surface area (Å²) in [7, 11) is 0. The number of carbonyl (C=O) groups excluding carboxylic acids is 1. The van der Waals surface area contributed by atoms with E-state index >= 15 is 0 Å². The molecule has 0 bridgehead atoms. The fourth-order valence-electron chi connectivity index (χ4n) is 2.81. The Bertz CT molecular complexity index is 1110. The first-order valence-corrected chi connectivity index (χ1v) is 9.08. The van der Waals surface area contributed by atoms with E-state index in [2.05, 4.69) is 20.9 Å². The lowest BCUT2D eigenvalue weighted by Gasteiger charge is -2.03. The number of pyridine rings is 1. The van der Waals surface area contributed by atoms with Crippen LogP contribution in [0.2, 0.25) is 0 Å². The maximum Gasteiger partial charge on any atom is 0.338 e. The lowest BCUT2D eigenvalue weighted by molar-refractivity contribution is 0.0693. The number of carboxylic acids is 1. The first-order chi connectivity index (χ1) is 12.0. The average Bonchev–Trinajstić information content (AvgIpc) is 3.32. The Morgan fingerprint density at radius 3 is 2.56 bits per heavy atom. The van der Waals surface area contributed by atoms with E-state index in [-0.39, 0.29) is 16.9 Å². The van der Waals surface area contributed by atoms with Gasteiger partial charge >= 0.3 is 5.97 Å². The summed E-state index contributed by atoms with van der Waals surface area (Å²) in [6.45, 7) is 0. The minimum Gasteiger partial charge on any atom is -0.478 e. The predicted molar refractivity (Wildman–Crippen MR) is 99.6 cm³/mol. The number of aromatic nitrogens is 2. The van der Waals surface area contributed by atoms with E-state index in [4.69, 9.17) is 0 Å².